The zero-order valence-electron chi connectivity index (χ0n) is 13.7. The molecule has 0 fully saturated rings. The summed E-state index contributed by atoms with van der Waals surface area (Å²) in [5, 5.41) is 3.22. The van der Waals surface area contributed by atoms with Gasteiger partial charge in [0.1, 0.15) is 11.5 Å². The molecular weight excluding hydrogens is 250 g/mol. The van der Waals surface area contributed by atoms with Crippen molar-refractivity contribution < 1.29 is 4.79 Å². The van der Waals surface area contributed by atoms with Gasteiger partial charge in [0, 0.05) is 19.1 Å². The summed E-state index contributed by atoms with van der Waals surface area (Å²) in [6.45, 7) is 12.5. The van der Waals surface area contributed by atoms with E-state index in [0.717, 1.165) is 5.82 Å². The second-order valence-corrected chi connectivity index (χ2v) is 6.67. The van der Waals surface area contributed by atoms with E-state index in [4.69, 9.17) is 0 Å². The number of rotatable bonds is 4. The van der Waals surface area contributed by atoms with Gasteiger partial charge in [0.25, 0.3) is 5.91 Å². The maximum absolute atomic E-state index is 12.5. The van der Waals surface area contributed by atoms with Gasteiger partial charge in [-0.3, -0.25) is 4.79 Å². The first kappa shape index (κ1) is 16.5. The first-order chi connectivity index (χ1) is 9.12. The number of hydrogen-bond donors (Lipinski definition) is 1. The standard InChI is InChI=1S/C16H27N3O/c1-11(2)17-14-10-8-9-13(18-14)15(20)19(7)12(3)16(4,5)6/h8-12H,1-7H3,(H,17,18). The van der Waals surface area contributed by atoms with Crippen LogP contribution in [0.2, 0.25) is 0 Å². The number of carbonyl (C=O) groups is 1. The third-order valence-electron chi connectivity index (χ3n) is 3.56. The van der Waals surface area contributed by atoms with E-state index in [1.165, 1.54) is 0 Å². The van der Waals surface area contributed by atoms with E-state index < -0.39 is 0 Å². The number of amides is 1. The lowest BCUT2D eigenvalue weighted by Gasteiger charge is -2.35. The van der Waals surface area contributed by atoms with Crippen LogP contribution in [0.25, 0.3) is 0 Å². The van der Waals surface area contributed by atoms with Gasteiger partial charge in [0.15, 0.2) is 0 Å². The van der Waals surface area contributed by atoms with Crippen LogP contribution in [0.4, 0.5) is 5.82 Å². The Morgan fingerprint density at radius 2 is 1.85 bits per heavy atom. The molecule has 1 unspecified atom stereocenters. The van der Waals surface area contributed by atoms with Gasteiger partial charge in [-0.1, -0.05) is 26.8 Å². The molecule has 1 aromatic heterocycles. The molecule has 1 N–H and O–H groups in total. The van der Waals surface area contributed by atoms with Crippen LogP contribution < -0.4 is 5.32 Å². The second-order valence-electron chi connectivity index (χ2n) is 6.67. The molecule has 0 aliphatic carbocycles. The minimum atomic E-state index is -0.0418. The van der Waals surface area contributed by atoms with Gasteiger partial charge < -0.3 is 10.2 Å². The molecule has 0 saturated carbocycles. The van der Waals surface area contributed by atoms with Gasteiger partial charge >= 0.3 is 0 Å². The minimum Gasteiger partial charge on any atom is -0.368 e. The molecule has 1 aromatic rings. The highest BCUT2D eigenvalue weighted by Gasteiger charge is 2.28. The molecule has 0 aliphatic rings. The maximum Gasteiger partial charge on any atom is 0.272 e. The highest BCUT2D eigenvalue weighted by molar-refractivity contribution is 5.92. The van der Waals surface area contributed by atoms with Crippen molar-refractivity contribution in [2.24, 2.45) is 5.41 Å². The van der Waals surface area contributed by atoms with Crippen LogP contribution in [0.1, 0.15) is 52.0 Å². The quantitative estimate of drug-likeness (QED) is 0.917. The smallest absolute Gasteiger partial charge is 0.272 e. The van der Waals surface area contributed by atoms with Crippen molar-refractivity contribution in [2.75, 3.05) is 12.4 Å². The Bertz CT molecular complexity index is 463. The van der Waals surface area contributed by atoms with E-state index in [9.17, 15) is 4.79 Å². The summed E-state index contributed by atoms with van der Waals surface area (Å²) in [5.74, 6) is 0.697. The van der Waals surface area contributed by atoms with Crippen LogP contribution in [-0.4, -0.2) is 34.9 Å². The highest BCUT2D eigenvalue weighted by atomic mass is 16.2. The maximum atomic E-state index is 12.5. The molecule has 0 saturated heterocycles. The van der Waals surface area contributed by atoms with Gasteiger partial charge in [-0.05, 0) is 38.3 Å². The zero-order chi connectivity index (χ0) is 15.5. The first-order valence-electron chi connectivity index (χ1n) is 7.13. The molecule has 1 amide bonds. The van der Waals surface area contributed by atoms with Crippen LogP contribution in [-0.2, 0) is 0 Å². The molecule has 20 heavy (non-hydrogen) atoms. The summed E-state index contributed by atoms with van der Waals surface area (Å²) in [6, 6.07) is 5.93. The fourth-order valence-corrected chi connectivity index (χ4v) is 1.87. The van der Waals surface area contributed by atoms with Crippen LogP contribution >= 0.6 is 0 Å². The van der Waals surface area contributed by atoms with E-state index in [-0.39, 0.29) is 17.4 Å². The predicted molar refractivity (Wildman–Crippen MR) is 84.0 cm³/mol. The largest absolute Gasteiger partial charge is 0.368 e. The predicted octanol–water partition coefficient (Wildman–Crippen LogP) is 3.41. The average molecular weight is 277 g/mol. The van der Waals surface area contributed by atoms with Crippen molar-refractivity contribution in [3.63, 3.8) is 0 Å². The molecule has 1 heterocycles. The van der Waals surface area contributed by atoms with Gasteiger partial charge in [-0.15, -0.1) is 0 Å². The number of nitrogens with zero attached hydrogens (tertiary/aromatic N) is 2. The van der Waals surface area contributed by atoms with Crippen molar-refractivity contribution in [2.45, 2.75) is 53.6 Å². The summed E-state index contributed by atoms with van der Waals surface area (Å²) in [7, 11) is 1.84. The Morgan fingerprint density at radius 1 is 1.25 bits per heavy atom. The number of hydrogen-bond acceptors (Lipinski definition) is 3. The Balaban J connectivity index is 2.92. The fraction of sp³-hybridized carbons (Fsp3) is 0.625. The third kappa shape index (κ3) is 4.22. The lowest BCUT2D eigenvalue weighted by molar-refractivity contribution is 0.0623. The average Bonchev–Trinajstić information content (AvgIpc) is 2.34. The lowest BCUT2D eigenvalue weighted by Crippen LogP contribution is -2.43. The van der Waals surface area contributed by atoms with Crippen LogP contribution in [0, 0.1) is 5.41 Å². The number of pyridine rings is 1. The molecule has 4 heteroatoms. The number of carbonyl (C=O) groups excluding carboxylic acids is 1. The number of anilines is 1. The molecule has 0 aliphatic heterocycles. The molecule has 0 radical (unpaired) electrons. The third-order valence-corrected chi connectivity index (χ3v) is 3.56. The van der Waals surface area contributed by atoms with E-state index in [1.54, 1.807) is 11.0 Å². The van der Waals surface area contributed by atoms with Crippen molar-refractivity contribution in [3.8, 4) is 0 Å². The fourth-order valence-electron chi connectivity index (χ4n) is 1.87. The van der Waals surface area contributed by atoms with E-state index in [1.807, 2.05) is 33.0 Å². The molecule has 0 spiro atoms. The van der Waals surface area contributed by atoms with Gasteiger partial charge in [-0.2, -0.15) is 0 Å². The summed E-state index contributed by atoms with van der Waals surface area (Å²) in [6.07, 6.45) is 0. The molecular formula is C16H27N3O. The van der Waals surface area contributed by atoms with Crippen molar-refractivity contribution in [3.05, 3.63) is 23.9 Å². The van der Waals surface area contributed by atoms with Crippen LogP contribution in [0.5, 0.6) is 0 Å². The monoisotopic (exact) mass is 277 g/mol. The van der Waals surface area contributed by atoms with Crippen molar-refractivity contribution >= 4 is 11.7 Å². The summed E-state index contributed by atoms with van der Waals surface area (Å²) < 4.78 is 0. The van der Waals surface area contributed by atoms with Gasteiger partial charge in [-0.25, -0.2) is 4.98 Å². The molecule has 0 bridgehead atoms. The normalized spacial score (nSPS) is 13.2. The molecule has 1 atom stereocenters. The van der Waals surface area contributed by atoms with Crippen LogP contribution in [0.15, 0.2) is 18.2 Å². The summed E-state index contributed by atoms with van der Waals surface area (Å²) in [5.41, 5.74) is 0.521. The van der Waals surface area contributed by atoms with Crippen molar-refractivity contribution in [1.29, 1.82) is 0 Å². The molecule has 112 valence electrons. The Labute approximate surface area is 122 Å². The van der Waals surface area contributed by atoms with Crippen LogP contribution in [0.3, 0.4) is 0 Å². The molecule has 0 aromatic carbocycles. The van der Waals surface area contributed by atoms with Gasteiger partial charge in [0.05, 0.1) is 0 Å². The molecule has 1 rings (SSSR count). The summed E-state index contributed by atoms with van der Waals surface area (Å²) >= 11 is 0. The number of nitrogens with one attached hydrogen (secondary N) is 1. The van der Waals surface area contributed by atoms with E-state index in [0.29, 0.717) is 11.7 Å². The zero-order valence-corrected chi connectivity index (χ0v) is 13.7. The molecule has 4 nitrogen and oxygen atoms in total. The minimum absolute atomic E-state index is 0.0399. The van der Waals surface area contributed by atoms with E-state index >= 15 is 0 Å². The van der Waals surface area contributed by atoms with Gasteiger partial charge in [0.2, 0.25) is 0 Å². The van der Waals surface area contributed by atoms with E-state index in [2.05, 4.69) is 38.0 Å². The Kier molecular flexibility index (Phi) is 5.15. The second kappa shape index (κ2) is 6.25. The number of aromatic nitrogens is 1. The Morgan fingerprint density at radius 3 is 2.35 bits per heavy atom. The highest BCUT2D eigenvalue weighted by Crippen LogP contribution is 2.24. The lowest BCUT2D eigenvalue weighted by atomic mass is 9.87. The van der Waals surface area contributed by atoms with Crippen molar-refractivity contribution in [1.82, 2.24) is 9.88 Å². The SMILES string of the molecule is CC(C)Nc1cccc(C(=O)N(C)C(C)C(C)(C)C)n1. The first-order valence-corrected chi connectivity index (χ1v) is 7.13. The summed E-state index contributed by atoms with van der Waals surface area (Å²) in [4.78, 5) is 18.7. The topological polar surface area (TPSA) is 45.2 Å². The Hall–Kier alpha value is -1.58.